The van der Waals surface area contributed by atoms with Crippen molar-refractivity contribution in [3.05, 3.63) is 50.6 Å². The minimum Gasteiger partial charge on any atom is -0.379 e. The molecule has 1 aromatic carbocycles. The lowest BCUT2D eigenvalue weighted by atomic mass is 10.2. The van der Waals surface area contributed by atoms with Gasteiger partial charge in [0.05, 0.1) is 13.2 Å². The van der Waals surface area contributed by atoms with Crippen molar-refractivity contribution in [1.82, 2.24) is 24.6 Å². The van der Waals surface area contributed by atoms with E-state index in [9.17, 15) is 9.18 Å². The van der Waals surface area contributed by atoms with E-state index in [0.29, 0.717) is 34.7 Å². The molecule has 0 saturated carbocycles. The number of benzene rings is 1. The van der Waals surface area contributed by atoms with Crippen LogP contribution >= 0.6 is 15.9 Å². The summed E-state index contributed by atoms with van der Waals surface area (Å²) in [6.45, 7) is 5.53. The van der Waals surface area contributed by atoms with Gasteiger partial charge in [-0.15, -0.1) is 0 Å². The third-order valence-corrected chi connectivity index (χ3v) is 5.77. The number of morpholine rings is 1. The third-order valence-electron chi connectivity index (χ3n) is 5.23. The number of hydrogen-bond donors (Lipinski definition) is 1. The highest BCUT2D eigenvalue weighted by Crippen LogP contribution is 2.21. The largest absolute Gasteiger partial charge is 0.379 e. The Balaban J connectivity index is 1.58. The van der Waals surface area contributed by atoms with E-state index in [1.807, 2.05) is 4.90 Å². The average Bonchev–Trinajstić information content (AvgIpc) is 3.03. The first kappa shape index (κ1) is 21.0. The molecule has 1 fully saturated rings. The highest BCUT2D eigenvalue weighted by atomic mass is 79.9. The van der Waals surface area contributed by atoms with E-state index < -0.39 is 0 Å². The molecule has 0 bridgehead atoms. The van der Waals surface area contributed by atoms with Crippen LogP contribution in [0.3, 0.4) is 0 Å². The minimum absolute atomic E-state index is 0.243. The highest BCUT2D eigenvalue weighted by molar-refractivity contribution is 9.10. The van der Waals surface area contributed by atoms with Gasteiger partial charge in [0.2, 0.25) is 5.95 Å². The van der Waals surface area contributed by atoms with Crippen LogP contribution in [0.1, 0.15) is 12.0 Å². The maximum Gasteiger partial charge on any atom is 0.278 e. The fraction of sp³-hybridized carbons (Fsp3) is 0.450. The SMILES string of the molecule is Cn1nc(Br)c2nc(N(CCCN3CCOCC3)Cc3ccc(F)cc3)[nH]c(=O)c21. The predicted octanol–water partition coefficient (Wildman–Crippen LogP) is 2.29. The normalized spacial score (nSPS) is 15.0. The fourth-order valence-corrected chi connectivity index (χ4v) is 4.17. The molecule has 30 heavy (non-hydrogen) atoms. The number of hydrogen-bond acceptors (Lipinski definition) is 6. The minimum atomic E-state index is -0.273. The molecule has 0 atom stereocenters. The van der Waals surface area contributed by atoms with Crippen molar-refractivity contribution in [2.24, 2.45) is 7.05 Å². The molecule has 1 saturated heterocycles. The number of anilines is 1. The zero-order chi connectivity index (χ0) is 21.1. The Hall–Kier alpha value is -2.30. The van der Waals surface area contributed by atoms with E-state index in [0.717, 1.165) is 44.8 Å². The van der Waals surface area contributed by atoms with Crippen LogP contribution in [0, 0.1) is 5.82 Å². The fourth-order valence-electron chi connectivity index (χ4n) is 3.66. The topological polar surface area (TPSA) is 79.3 Å². The molecule has 1 N–H and O–H groups in total. The summed E-state index contributed by atoms with van der Waals surface area (Å²) in [5.74, 6) is 0.206. The quantitative estimate of drug-likeness (QED) is 0.561. The van der Waals surface area contributed by atoms with Crippen LogP contribution in [-0.2, 0) is 18.3 Å². The van der Waals surface area contributed by atoms with Crippen molar-refractivity contribution in [3.8, 4) is 0 Å². The van der Waals surface area contributed by atoms with E-state index in [1.165, 1.54) is 16.8 Å². The van der Waals surface area contributed by atoms with Crippen molar-refractivity contribution in [1.29, 1.82) is 0 Å². The number of aromatic amines is 1. The lowest BCUT2D eigenvalue weighted by molar-refractivity contribution is 0.0376. The van der Waals surface area contributed by atoms with E-state index in [-0.39, 0.29) is 11.4 Å². The summed E-state index contributed by atoms with van der Waals surface area (Å²) in [4.78, 5) is 24.6. The monoisotopic (exact) mass is 478 g/mol. The highest BCUT2D eigenvalue weighted by Gasteiger charge is 2.18. The van der Waals surface area contributed by atoms with Gasteiger partial charge in [-0.1, -0.05) is 12.1 Å². The van der Waals surface area contributed by atoms with Crippen LogP contribution in [0.25, 0.3) is 11.0 Å². The summed E-state index contributed by atoms with van der Waals surface area (Å²) in [7, 11) is 1.71. The second kappa shape index (κ2) is 9.23. The Labute approximate surface area is 181 Å². The summed E-state index contributed by atoms with van der Waals surface area (Å²) in [5, 5.41) is 4.24. The smallest absolute Gasteiger partial charge is 0.278 e. The van der Waals surface area contributed by atoms with Crippen LogP contribution in [0.4, 0.5) is 10.3 Å². The Morgan fingerprint density at radius 2 is 2.00 bits per heavy atom. The average molecular weight is 479 g/mol. The molecule has 0 radical (unpaired) electrons. The van der Waals surface area contributed by atoms with Gasteiger partial charge in [-0.3, -0.25) is 19.4 Å². The van der Waals surface area contributed by atoms with Crippen molar-refractivity contribution >= 4 is 32.9 Å². The van der Waals surface area contributed by atoms with Gasteiger partial charge in [-0.05, 0) is 40.0 Å². The van der Waals surface area contributed by atoms with E-state index in [4.69, 9.17) is 4.74 Å². The van der Waals surface area contributed by atoms with Crippen molar-refractivity contribution < 1.29 is 9.13 Å². The Bertz CT molecular complexity index is 1060. The van der Waals surface area contributed by atoms with Crippen LogP contribution in [0.15, 0.2) is 33.7 Å². The van der Waals surface area contributed by atoms with Gasteiger partial charge in [-0.25, -0.2) is 9.37 Å². The van der Waals surface area contributed by atoms with Gasteiger partial charge in [0, 0.05) is 39.8 Å². The molecule has 0 unspecified atom stereocenters. The Morgan fingerprint density at radius 3 is 2.73 bits per heavy atom. The predicted molar refractivity (Wildman–Crippen MR) is 116 cm³/mol. The van der Waals surface area contributed by atoms with Gasteiger partial charge in [-0.2, -0.15) is 5.10 Å². The molecular formula is C20H24BrFN6O2. The first-order chi connectivity index (χ1) is 14.5. The van der Waals surface area contributed by atoms with E-state index >= 15 is 0 Å². The molecule has 1 aliphatic heterocycles. The number of halogens is 2. The maximum atomic E-state index is 13.3. The molecule has 160 valence electrons. The molecule has 3 heterocycles. The lowest BCUT2D eigenvalue weighted by Gasteiger charge is -2.28. The number of nitrogens with zero attached hydrogens (tertiary/aromatic N) is 5. The van der Waals surface area contributed by atoms with Crippen molar-refractivity contribution in [2.45, 2.75) is 13.0 Å². The maximum absolute atomic E-state index is 13.3. The van der Waals surface area contributed by atoms with E-state index in [1.54, 1.807) is 19.2 Å². The molecule has 8 nitrogen and oxygen atoms in total. The third kappa shape index (κ3) is 4.71. The van der Waals surface area contributed by atoms with Crippen molar-refractivity contribution in [3.63, 3.8) is 0 Å². The standard InChI is InChI=1S/C20H24BrFN6O2/c1-26-17-16(18(21)25-26)23-20(24-19(17)29)28(13-14-3-5-15(22)6-4-14)8-2-7-27-9-11-30-12-10-27/h3-6H,2,7-13H2,1H3,(H,23,24,29). The first-order valence-corrected chi connectivity index (χ1v) is 10.7. The number of aryl methyl sites for hydroxylation is 1. The molecule has 2 aromatic heterocycles. The molecule has 0 amide bonds. The van der Waals surface area contributed by atoms with E-state index in [2.05, 4.69) is 35.9 Å². The Kier molecular flexibility index (Phi) is 6.45. The Morgan fingerprint density at radius 1 is 1.27 bits per heavy atom. The summed E-state index contributed by atoms with van der Waals surface area (Å²) >= 11 is 3.39. The summed E-state index contributed by atoms with van der Waals surface area (Å²) in [5.41, 5.74) is 1.64. The number of H-pyrrole nitrogens is 1. The van der Waals surface area contributed by atoms with Crippen LogP contribution < -0.4 is 10.5 Å². The molecule has 10 heteroatoms. The molecule has 4 rings (SSSR count). The second-order valence-corrected chi connectivity index (χ2v) is 8.11. The van der Waals surface area contributed by atoms with Crippen LogP contribution in [0.5, 0.6) is 0 Å². The summed E-state index contributed by atoms with van der Waals surface area (Å²) < 4.78 is 20.8. The molecule has 0 aliphatic carbocycles. The number of aromatic nitrogens is 4. The second-order valence-electron chi connectivity index (χ2n) is 7.36. The van der Waals surface area contributed by atoms with Gasteiger partial charge in [0.15, 0.2) is 10.1 Å². The number of rotatable bonds is 7. The summed E-state index contributed by atoms with van der Waals surface area (Å²) in [6.07, 6.45) is 0.900. The number of fused-ring (bicyclic) bond motifs is 1. The lowest BCUT2D eigenvalue weighted by Crippen LogP contribution is -2.38. The van der Waals surface area contributed by atoms with Gasteiger partial charge < -0.3 is 9.64 Å². The van der Waals surface area contributed by atoms with Crippen LogP contribution in [-0.4, -0.2) is 64.0 Å². The molecular weight excluding hydrogens is 455 g/mol. The summed E-state index contributed by atoms with van der Waals surface area (Å²) in [6, 6.07) is 6.39. The number of nitrogens with one attached hydrogen (secondary N) is 1. The van der Waals surface area contributed by atoms with Gasteiger partial charge >= 0.3 is 0 Å². The van der Waals surface area contributed by atoms with Gasteiger partial charge in [0.25, 0.3) is 5.56 Å². The zero-order valence-corrected chi connectivity index (χ0v) is 18.4. The molecule has 1 aliphatic rings. The van der Waals surface area contributed by atoms with Crippen molar-refractivity contribution in [2.75, 3.05) is 44.3 Å². The number of ether oxygens (including phenoxy) is 1. The van der Waals surface area contributed by atoms with Crippen LogP contribution in [0.2, 0.25) is 0 Å². The first-order valence-electron chi connectivity index (χ1n) is 9.93. The zero-order valence-electron chi connectivity index (χ0n) is 16.8. The van der Waals surface area contributed by atoms with Gasteiger partial charge in [0.1, 0.15) is 11.3 Å². The molecule has 3 aromatic rings. The molecule has 0 spiro atoms.